The average molecular weight is 279 g/mol. The van der Waals surface area contributed by atoms with E-state index < -0.39 is 0 Å². The summed E-state index contributed by atoms with van der Waals surface area (Å²) >= 11 is 0. The van der Waals surface area contributed by atoms with Crippen LogP contribution < -0.4 is 14.8 Å². The minimum absolute atomic E-state index is 0.0915. The predicted molar refractivity (Wildman–Crippen MR) is 79.7 cm³/mol. The minimum Gasteiger partial charge on any atom is -0.493 e. The van der Waals surface area contributed by atoms with Crippen LogP contribution in [-0.2, 0) is 11.2 Å². The fourth-order valence-corrected chi connectivity index (χ4v) is 2.59. The lowest BCUT2D eigenvalue weighted by Crippen LogP contribution is -2.60. The van der Waals surface area contributed by atoms with Gasteiger partial charge in [0.05, 0.1) is 7.11 Å². The van der Waals surface area contributed by atoms with Crippen LogP contribution in [0, 0.1) is 0 Å². The molecule has 4 heteroatoms. The number of nitrogens with one attached hydrogen (secondary N) is 1. The highest BCUT2D eigenvalue weighted by atomic mass is 16.6. The molecule has 0 radical (unpaired) electrons. The highest BCUT2D eigenvalue weighted by molar-refractivity contribution is 5.43. The molecule has 1 saturated carbocycles. The Morgan fingerprint density at radius 3 is 2.65 bits per heavy atom. The van der Waals surface area contributed by atoms with Crippen LogP contribution in [0.5, 0.6) is 11.5 Å². The van der Waals surface area contributed by atoms with Crippen molar-refractivity contribution in [3.63, 3.8) is 0 Å². The van der Waals surface area contributed by atoms with Crippen LogP contribution in [0.1, 0.15) is 25.8 Å². The van der Waals surface area contributed by atoms with Gasteiger partial charge >= 0.3 is 0 Å². The number of rotatable bonds is 7. The summed E-state index contributed by atoms with van der Waals surface area (Å²) in [5.74, 6) is 1.60. The van der Waals surface area contributed by atoms with E-state index in [1.807, 2.05) is 26.1 Å². The van der Waals surface area contributed by atoms with Gasteiger partial charge in [0.2, 0.25) is 0 Å². The maximum Gasteiger partial charge on any atom is 0.161 e. The van der Waals surface area contributed by atoms with Crippen LogP contribution in [-0.4, -0.2) is 39.0 Å². The van der Waals surface area contributed by atoms with E-state index in [4.69, 9.17) is 14.2 Å². The van der Waals surface area contributed by atoms with Crippen molar-refractivity contribution in [3.8, 4) is 11.5 Å². The second-order valence-electron chi connectivity index (χ2n) is 5.05. The molecule has 1 fully saturated rings. The molecule has 4 nitrogen and oxygen atoms in total. The Hall–Kier alpha value is -1.26. The van der Waals surface area contributed by atoms with E-state index in [0.29, 0.717) is 12.6 Å². The molecule has 3 atom stereocenters. The van der Waals surface area contributed by atoms with Crippen LogP contribution in [0.25, 0.3) is 0 Å². The topological polar surface area (TPSA) is 39.7 Å². The molecular weight excluding hydrogens is 254 g/mol. The van der Waals surface area contributed by atoms with Crippen LogP contribution in [0.3, 0.4) is 0 Å². The number of methoxy groups -OCH3 is 1. The molecule has 0 amide bonds. The van der Waals surface area contributed by atoms with Crippen molar-refractivity contribution in [2.45, 2.75) is 44.9 Å². The van der Waals surface area contributed by atoms with E-state index in [9.17, 15) is 0 Å². The second-order valence-corrected chi connectivity index (χ2v) is 5.05. The smallest absolute Gasteiger partial charge is 0.161 e. The summed E-state index contributed by atoms with van der Waals surface area (Å²) in [7, 11) is 3.64. The van der Waals surface area contributed by atoms with Gasteiger partial charge in [0.15, 0.2) is 11.5 Å². The predicted octanol–water partition coefficient (Wildman–Crippen LogP) is 2.40. The van der Waals surface area contributed by atoms with Crippen LogP contribution in [0.2, 0.25) is 0 Å². The molecule has 0 aliphatic heterocycles. The lowest BCUT2D eigenvalue weighted by Gasteiger charge is -2.43. The Bertz CT molecular complexity index is 436. The lowest BCUT2D eigenvalue weighted by atomic mass is 9.85. The molecule has 0 spiro atoms. The Balaban J connectivity index is 2.06. The molecule has 1 aromatic rings. The molecule has 20 heavy (non-hydrogen) atoms. The Morgan fingerprint density at radius 1 is 1.25 bits per heavy atom. The van der Waals surface area contributed by atoms with Crippen molar-refractivity contribution in [3.05, 3.63) is 23.8 Å². The van der Waals surface area contributed by atoms with Crippen LogP contribution in [0.4, 0.5) is 0 Å². The van der Waals surface area contributed by atoms with Gasteiger partial charge in [-0.1, -0.05) is 13.0 Å². The number of hydrogen-bond acceptors (Lipinski definition) is 4. The molecule has 1 aromatic carbocycles. The minimum atomic E-state index is 0.0915. The van der Waals surface area contributed by atoms with E-state index in [1.54, 1.807) is 7.11 Å². The van der Waals surface area contributed by atoms with Gasteiger partial charge < -0.3 is 19.5 Å². The number of ether oxygens (including phenoxy) is 3. The van der Waals surface area contributed by atoms with Crippen molar-refractivity contribution in [2.24, 2.45) is 0 Å². The summed E-state index contributed by atoms with van der Waals surface area (Å²) < 4.78 is 17.3. The van der Waals surface area contributed by atoms with Crippen molar-refractivity contribution in [1.82, 2.24) is 5.32 Å². The van der Waals surface area contributed by atoms with Gasteiger partial charge in [-0.2, -0.15) is 0 Å². The molecule has 3 unspecified atom stereocenters. The first-order valence-electron chi connectivity index (χ1n) is 7.35. The first kappa shape index (κ1) is 15.1. The fraction of sp³-hybridized carbons (Fsp3) is 0.625. The summed E-state index contributed by atoms with van der Waals surface area (Å²) in [6, 6.07) is 6.50. The summed E-state index contributed by atoms with van der Waals surface area (Å²) in [5.41, 5.74) is 1.25. The maximum absolute atomic E-state index is 6.08. The van der Waals surface area contributed by atoms with Gasteiger partial charge in [-0.05, 0) is 38.1 Å². The van der Waals surface area contributed by atoms with Gasteiger partial charge in [0.25, 0.3) is 0 Å². The van der Waals surface area contributed by atoms with E-state index in [2.05, 4.69) is 18.3 Å². The van der Waals surface area contributed by atoms with Gasteiger partial charge in [0, 0.05) is 19.1 Å². The van der Waals surface area contributed by atoms with E-state index >= 15 is 0 Å². The molecule has 1 aliphatic carbocycles. The van der Waals surface area contributed by atoms with Gasteiger partial charge in [-0.25, -0.2) is 0 Å². The maximum atomic E-state index is 6.08. The van der Waals surface area contributed by atoms with Crippen LogP contribution >= 0.6 is 0 Å². The highest BCUT2D eigenvalue weighted by Crippen LogP contribution is 2.34. The molecule has 2 rings (SSSR count). The Labute approximate surface area is 121 Å². The first-order chi connectivity index (χ1) is 9.73. The van der Waals surface area contributed by atoms with Crippen molar-refractivity contribution < 1.29 is 14.2 Å². The van der Waals surface area contributed by atoms with Gasteiger partial charge in [0.1, 0.15) is 12.2 Å². The van der Waals surface area contributed by atoms with Crippen LogP contribution in [0.15, 0.2) is 18.2 Å². The zero-order valence-corrected chi connectivity index (χ0v) is 12.8. The Kier molecular flexibility index (Phi) is 5.26. The molecule has 0 saturated heterocycles. The molecule has 1 aliphatic rings. The van der Waals surface area contributed by atoms with E-state index in [-0.39, 0.29) is 12.2 Å². The monoisotopic (exact) mass is 279 g/mol. The summed E-state index contributed by atoms with van der Waals surface area (Å²) in [4.78, 5) is 0. The molecule has 0 aromatic heterocycles. The third-order valence-corrected chi connectivity index (χ3v) is 3.89. The molecule has 1 N–H and O–H groups in total. The SMILES string of the molecule is CCOC1C(NC)CC1Oc1ccc(CC)cc1OC. The molecule has 0 heterocycles. The summed E-state index contributed by atoms with van der Waals surface area (Å²) in [6.07, 6.45) is 2.15. The quantitative estimate of drug-likeness (QED) is 0.832. The first-order valence-corrected chi connectivity index (χ1v) is 7.35. The number of hydrogen-bond donors (Lipinski definition) is 1. The summed E-state index contributed by atoms with van der Waals surface area (Å²) in [5, 5.41) is 3.26. The number of benzene rings is 1. The third kappa shape index (κ3) is 3.07. The zero-order valence-electron chi connectivity index (χ0n) is 12.8. The summed E-state index contributed by atoms with van der Waals surface area (Å²) in [6.45, 7) is 4.84. The third-order valence-electron chi connectivity index (χ3n) is 3.89. The van der Waals surface area contributed by atoms with Crippen molar-refractivity contribution in [2.75, 3.05) is 20.8 Å². The molecule has 0 bridgehead atoms. The van der Waals surface area contributed by atoms with E-state index in [1.165, 1.54) is 5.56 Å². The van der Waals surface area contributed by atoms with Crippen molar-refractivity contribution >= 4 is 0 Å². The second kappa shape index (κ2) is 6.95. The largest absolute Gasteiger partial charge is 0.493 e. The van der Waals surface area contributed by atoms with Gasteiger partial charge in [-0.15, -0.1) is 0 Å². The lowest BCUT2D eigenvalue weighted by molar-refractivity contribution is -0.103. The highest BCUT2D eigenvalue weighted by Gasteiger charge is 2.43. The fourth-order valence-electron chi connectivity index (χ4n) is 2.59. The average Bonchev–Trinajstić information content (AvgIpc) is 2.48. The Morgan fingerprint density at radius 2 is 2.05 bits per heavy atom. The van der Waals surface area contributed by atoms with Gasteiger partial charge in [-0.3, -0.25) is 0 Å². The zero-order chi connectivity index (χ0) is 14.5. The van der Waals surface area contributed by atoms with E-state index in [0.717, 1.165) is 24.3 Å². The number of likely N-dealkylation sites (N-methyl/N-ethyl adjacent to an activating group) is 1. The van der Waals surface area contributed by atoms with Crippen molar-refractivity contribution in [1.29, 1.82) is 0 Å². The normalized spacial score (nSPS) is 25.1. The molecular formula is C16H25NO3. The standard InChI is InChI=1S/C16H25NO3/c1-5-11-7-8-13(14(9-11)18-4)20-15-10-12(17-3)16(15)19-6-2/h7-9,12,15-17H,5-6,10H2,1-4H3. The molecule has 112 valence electrons. The number of aryl methyl sites for hydroxylation is 1.